The van der Waals surface area contributed by atoms with Crippen LogP contribution in [-0.4, -0.2) is 24.4 Å². The Labute approximate surface area is 149 Å². The van der Waals surface area contributed by atoms with Gasteiger partial charge in [0.25, 0.3) is 10.0 Å². The lowest BCUT2D eigenvalue weighted by Gasteiger charge is -2.27. The first-order chi connectivity index (χ1) is 12.0. The molecule has 25 heavy (non-hydrogen) atoms. The highest BCUT2D eigenvalue weighted by Crippen LogP contribution is 2.30. The summed E-state index contributed by atoms with van der Waals surface area (Å²) in [7, 11) is -3.86. The van der Waals surface area contributed by atoms with Crippen molar-refractivity contribution in [3.63, 3.8) is 0 Å². The maximum absolute atomic E-state index is 13.1. The molecule has 0 amide bonds. The number of sulfonamides is 1. The van der Waals surface area contributed by atoms with Gasteiger partial charge < -0.3 is 5.11 Å². The Morgan fingerprint density at radius 2 is 1.80 bits per heavy atom. The molecule has 2 rings (SSSR count). The largest absolute Gasteiger partial charge is 0.384 e. The molecule has 0 heterocycles. The van der Waals surface area contributed by atoms with E-state index in [4.69, 9.17) is 5.11 Å². The van der Waals surface area contributed by atoms with Crippen molar-refractivity contribution in [1.29, 1.82) is 0 Å². The number of aliphatic hydroxyl groups is 1. The first kappa shape index (κ1) is 18.8. The van der Waals surface area contributed by atoms with Crippen LogP contribution in [0.4, 0.5) is 0 Å². The monoisotopic (exact) mass is 355 g/mol. The predicted molar refractivity (Wildman–Crippen MR) is 99.1 cm³/mol. The Balaban J connectivity index is 2.56. The maximum Gasteiger partial charge on any atom is 0.271 e. The minimum atomic E-state index is -3.86. The first-order valence-electron chi connectivity index (χ1n) is 7.87. The van der Waals surface area contributed by atoms with E-state index in [0.717, 1.165) is 15.4 Å². The Bertz CT molecular complexity index is 863. The Morgan fingerprint density at radius 3 is 2.36 bits per heavy atom. The van der Waals surface area contributed by atoms with Crippen LogP contribution in [0.2, 0.25) is 0 Å². The zero-order chi connectivity index (χ0) is 18.3. The van der Waals surface area contributed by atoms with Gasteiger partial charge in [-0.25, -0.2) is 12.7 Å². The molecule has 0 bridgehead atoms. The zero-order valence-corrected chi connectivity index (χ0v) is 14.9. The third-order valence-electron chi connectivity index (χ3n) is 3.70. The maximum atomic E-state index is 13.1. The summed E-state index contributed by atoms with van der Waals surface area (Å²) in [5, 5.41) is 9.05. The average Bonchev–Trinajstić information content (AvgIpc) is 2.62. The van der Waals surface area contributed by atoms with Crippen LogP contribution < -0.4 is 0 Å². The van der Waals surface area contributed by atoms with Crippen molar-refractivity contribution in [3.05, 3.63) is 78.4 Å². The summed E-state index contributed by atoms with van der Waals surface area (Å²) < 4.78 is 27.4. The molecular formula is C20H21NO3S. The normalized spacial score (nSPS) is 11.9. The van der Waals surface area contributed by atoms with Crippen molar-refractivity contribution in [2.45, 2.75) is 24.3 Å². The van der Waals surface area contributed by atoms with Crippen LogP contribution in [0.5, 0.6) is 0 Å². The smallest absolute Gasteiger partial charge is 0.271 e. The summed E-state index contributed by atoms with van der Waals surface area (Å²) in [6.45, 7) is 5.21. The van der Waals surface area contributed by atoms with E-state index in [1.165, 1.54) is 0 Å². The van der Waals surface area contributed by atoms with Crippen molar-refractivity contribution < 1.29 is 13.5 Å². The Hall–Kier alpha value is -2.55. The van der Waals surface area contributed by atoms with Gasteiger partial charge in [-0.15, -0.1) is 6.58 Å². The second kappa shape index (κ2) is 8.52. The Morgan fingerprint density at radius 1 is 1.16 bits per heavy atom. The van der Waals surface area contributed by atoms with Crippen molar-refractivity contribution in [1.82, 2.24) is 4.31 Å². The molecule has 0 saturated carbocycles. The molecule has 0 aliphatic rings. The summed E-state index contributed by atoms with van der Waals surface area (Å²) in [4.78, 5) is 0.162. The van der Waals surface area contributed by atoms with Crippen LogP contribution in [0.15, 0.2) is 72.1 Å². The van der Waals surface area contributed by atoms with Crippen LogP contribution in [0.25, 0.3) is 0 Å². The van der Waals surface area contributed by atoms with E-state index in [2.05, 4.69) is 18.5 Å². The predicted octanol–water partition coefficient (Wildman–Crippen LogP) is 3.26. The van der Waals surface area contributed by atoms with Crippen molar-refractivity contribution >= 4 is 10.0 Å². The highest BCUT2D eigenvalue weighted by Gasteiger charge is 2.29. The third kappa shape index (κ3) is 4.50. The number of aliphatic hydroxyl groups excluding tert-OH is 1. The van der Waals surface area contributed by atoms with E-state index < -0.39 is 22.7 Å². The van der Waals surface area contributed by atoms with Crippen molar-refractivity contribution in [3.8, 4) is 12.0 Å². The van der Waals surface area contributed by atoms with Crippen molar-refractivity contribution in [2.24, 2.45) is 0 Å². The Kier molecular flexibility index (Phi) is 6.40. The van der Waals surface area contributed by atoms with Crippen LogP contribution >= 0.6 is 0 Å². The van der Waals surface area contributed by atoms with Gasteiger partial charge in [-0.05, 0) is 31.0 Å². The molecule has 0 aliphatic carbocycles. The quantitative estimate of drug-likeness (QED) is 0.492. The van der Waals surface area contributed by atoms with Crippen LogP contribution in [0.1, 0.15) is 23.6 Å². The summed E-state index contributed by atoms with van der Waals surface area (Å²) in [5.41, 5.74) is 1.78. The van der Waals surface area contributed by atoms with E-state index in [0.29, 0.717) is 6.42 Å². The topological polar surface area (TPSA) is 57.6 Å². The first-order valence-corrected chi connectivity index (χ1v) is 9.31. The molecule has 1 unspecified atom stereocenters. The average molecular weight is 355 g/mol. The number of hydrogen-bond acceptors (Lipinski definition) is 3. The van der Waals surface area contributed by atoms with Gasteiger partial charge >= 0.3 is 0 Å². The van der Waals surface area contributed by atoms with Gasteiger partial charge in [-0.1, -0.05) is 60.0 Å². The summed E-state index contributed by atoms with van der Waals surface area (Å²) in [6, 6.07) is 18.0. The highest BCUT2D eigenvalue weighted by molar-refractivity contribution is 7.89. The van der Waals surface area contributed by atoms with Gasteiger partial charge in [0.2, 0.25) is 0 Å². The standard InChI is InChI=1S/C20H21NO3S/c1-3-8-20(18-9-5-4-6-10-18)21(15-7-16-22)25(23,24)19-13-11-17(2)12-14-19/h3-6,9-14,20,22H,1,8,16H2,2H3. The number of rotatable bonds is 6. The molecule has 1 atom stereocenters. The van der Waals surface area contributed by atoms with E-state index in [9.17, 15) is 8.42 Å². The fourth-order valence-electron chi connectivity index (χ4n) is 2.44. The number of hydrogen-bond donors (Lipinski definition) is 1. The lowest BCUT2D eigenvalue weighted by Crippen LogP contribution is -2.31. The van der Waals surface area contributed by atoms with Crippen LogP contribution in [0.3, 0.4) is 0 Å². The summed E-state index contributed by atoms with van der Waals surface area (Å²) in [5.74, 6) is 2.46. The lowest BCUT2D eigenvalue weighted by atomic mass is 10.0. The molecule has 2 aromatic carbocycles. The SMILES string of the molecule is C=CCC(c1ccccc1)N(C#CCO)S(=O)(=O)c1ccc(C)cc1. The fourth-order valence-corrected chi connectivity index (χ4v) is 3.88. The summed E-state index contributed by atoms with van der Waals surface area (Å²) in [6.07, 6.45) is 2.06. The summed E-state index contributed by atoms with van der Waals surface area (Å²) >= 11 is 0. The fraction of sp³-hybridized carbons (Fsp3) is 0.200. The van der Waals surface area contributed by atoms with E-state index in [1.807, 2.05) is 37.3 Å². The molecule has 130 valence electrons. The molecule has 0 spiro atoms. The van der Waals surface area contributed by atoms with Gasteiger partial charge in [-0.2, -0.15) is 0 Å². The molecule has 0 aromatic heterocycles. The van der Waals surface area contributed by atoms with Gasteiger partial charge in [0.1, 0.15) is 6.61 Å². The third-order valence-corrected chi connectivity index (χ3v) is 5.44. The second-order valence-corrected chi connectivity index (χ2v) is 7.33. The van der Waals surface area contributed by atoms with E-state index >= 15 is 0 Å². The minimum absolute atomic E-state index is 0.162. The molecule has 0 fully saturated rings. The van der Waals surface area contributed by atoms with Crippen molar-refractivity contribution in [2.75, 3.05) is 6.61 Å². The molecule has 5 heteroatoms. The van der Waals surface area contributed by atoms with Gasteiger partial charge in [0.05, 0.1) is 10.9 Å². The number of aryl methyl sites for hydroxylation is 1. The zero-order valence-electron chi connectivity index (χ0n) is 14.1. The lowest BCUT2D eigenvalue weighted by molar-refractivity contribution is 0.349. The van der Waals surface area contributed by atoms with Gasteiger partial charge in [0.15, 0.2) is 0 Å². The molecule has 1 N–H and O–H groups in total. The molecule has 4 nitrogen and oxygen atoms in total. The van der Waals surface area contributed by atoms with Gasteiger partial charge in [0, 0.05) is 6.04 Å². The molecule has 0 radical (unpaired) electrons. The molecular weight excluding hydrogens is 334 g/mol. The molecule has 2 aromatic rings. The molecule has 0 saturated heterocycles. The number of benzene rings is 2. The van der Waals surface area contributed by atoms with Gasteiger partial charge in [-0.3, -0.25) is 0 Å². The minimum Gasteiger partial charge on any atom is -0.384 e. The van der Waals surface area contributed by atoms with E-state index in [1.54, 1.807) is 30.3 Å². The van der Waals surface area contributed by atoms with Crippen LogP contribution in [0, 0.1) is 18.9 Å². The molecule has 0 aliphatic heterocycles. The number of nitrogens with zero attached hydrogens (tertiary/aromatic N) is 1. The highest BCUT2D eigenvalue weighted by atomic mass is 32.2. The second-order valence-electron chi connectivity index (χ2n) is 5.51. The van der Waals surface area contributed by atoms with Crippen LogP contribution in [-0.2, 0) is 10.0 Å². The van der Waals surface area contributed by atoms with E-state index in [-0.39, 0.29) is 4.90 Å².